The van der Waals surface area contributed by atoms with Gasteiger partial charge < -0.3 is 4.43 Å². The molecule has 1 nitrogen and oxygen atoms in total. The number of hydrogen-bond acceptors (Lipinski definition) is 1. The van der Waals surface area contributed by atoms with Crippen LogP contribution in [0.4, 0.5) is 13.2 Å². The minimum Gasteiger partial charge on any atom is -0.420 e. The Kier molecular flexibility index (Phi) is 7.63. The summed E-state index contributed by atoms with van der Waals surface area (Å²) in [6.45, 7) is 4.39. The Bertz CT molecular complexity index is 434. The second kappa shape index (κ2) is 8.72. The fourth-order valence-corrected chi connectivity index (χ4v) is 5.73. The number of unbranched alkanes of at least 4 members (excludes halogenated alkanes) is 2. The van der Waals surface area contributed by atoms with Crippen LogP contribution >= 0.6 is 0 Å². The van der Waals surface area contributed by atoms with E-state index in [9.17, 15) is 13.2 Å². The molecule has 1 rings (SSSR count). The van der Waals surface area contributed by atoms with E-state index in [0.29, 0.717) is 6.42 Å². The van der Waals surface area contributed by atoms with E-state index in [1.54, 1.807) is 6.07 Å². The highest BCUT2D eigenvalue weighted by molar-refractivity contribution is 6.73. The van der Waals surface area contributed by atoms with Crippen LogP contribution in [0.1, 0.15) is 44.2 Å². The number of benzene rings is 1. The van der Waals surface area contributed by atoms with Gasteiger partial charge in [0.2, 0.25) is 0 Å². The Hall–Kier alpha value is -0.813. The second-order valence-corrected chi connectivity index (χ2v) is 10.5. The van der Waals surface area contributed by atoms with Crippen molar-refractivity contribution in [1.29, 1.82) is 0 Å². The summed E-state index contributed by atoms with van der Waals surface area (Å²) in [4.78, 5) is 0. The Morgan fingerprint density at radius 3 is 2.27 bits per heavy atom. The van der Waals surface area contributed by atoms with Crippen LogP contribution in [0.25, 0.3) is 0 Å². The molecule has 0 aromatic heterocycles. The summed E-state index contributed by atoms with van der Waals surface area (Å²) in [5, 5.41) is 0. The topological polar surface area (TPSA) is 9.23 Å². The lowest BCUT2D eigenvalue weighted by molar-refractivity contribution is -0.137. The molecule has 1 aromatic rings. The molecule has 0 amide bonds. The van der Waals surface area contributed by atoms with Crippen molar-refractivity contribution < 1.29 is 17.6 Å². The zero-order chi connectivity index (χ0) is 16.6. The maximum Gasteiger partial charge on any atom is 0.416 e. The van der Waals surface area contributed by atoms with Gasteiger partial charge in [-0.05, 0) is 42.6 Å². The molecule has 0 saturated heterocycles. The summed E-state index contributed by atoms with van der Waals surface area (Å²) in [6.07, 6.45) is -0.441. The predicted octanol–water partition coefficient (Wildman–Crippen LogP) is 6.05. The third kappa shape index (κ3) is 5.76. The lowest BCUT2D eigenvalue weighted by atomic mass is 10.0. The monoisotopic (exact) mass is 332 g/mol. The van der Waals surface area contributed by atoms with E-state index in [-0.39, 0.29) is 0 Å². The zero-order valence-electron chi connectivity index (χ0n) is 13.8. The molecule has 0 aliphatic rings. The van der Waals surface area contributed by atoms with Gasteiger partial charge in [0, 0.05) is 7.11 Å². The van der Waals surface area contributed by atoms with Crippen molar-refractivity contribution in [1.82, 2.24) is 0 Å². The summed E-state index contributed by atoms with van der Waals surface area (Å²) in [5.41, 5.74) is 0.226. The Balaban J connectivity index is 2.39. The molecule has 126 valence electrons. The van der Waals surface area contributed by atoms with Gasteiger partial charge in [-0.25, -0.2) is 0 Å². The SMILES string of the molecule is CC[Si](CC)(CCCCCc1cccc(C(F)(F)F)c1)OC. The van der Waals surface area contributed by atoms with Crippen LogP contribution in [-0.4, -0.2) is 15.4 Å². The quantitative estimate of drug-likeness (QED) is 0.395. The van der Waals surface area contributed by atoms with Gasteiger partial charge in [-0.15, -0.1) is 0 Å². The minimum absolute atomic E-state index is 0.548. The van der Waals surface area contributed by atoms with Crippen molar-refractivity contribution in [2.45, 2.75) is 63.8 Å². The van der Waals surface area contributed by atoms with Gasteiger partial charge in [-0.3, -0.25) is 0 Å². The maximum atomic E-state index is 12.6. The summed E-state index contributed by atoms with van der Waals surface area (Å²) in [5.74, 6) is 0. The fourth-order valence-electron chi connectivity index (χ4n) is 2.85. The molecule has 0 aliphatic heterocycles. The molecule has 0 radical (unpaired) electrons. The van der Waals surface area contributed by atoms with E-state index in [4.69, 9.17) is 4.43 Å². The molecule has 0 unspecified atom stereocenters. The zero-order valence-corrected chi connectivity index (χ0v) is 14.8. The summed E-state index contributed by atoms with van der Waals surface area (Å²) in [6, 6.07) is 9.09. The van der Waals surface area contributed by atoms with E-state index < -0.39 is 20.1 Å². The highest BCUT2D eigenvalue weighted by Crippen LogP contribution is 2.30. The summed E-state index contributed by atoms with van der Waals surface area (Å²) in [7, 11) is 0.292. The fraction of sp³-hybridized carbons (Fsp3) is 0.647. The van der Waals surface area contributed by atoms with Crippen LogP contribution in [0, 0.1) is 0 Å². The normalized spacial score (nSPS) is 12.6. The minimum atomic E-state index is -4.25. The van der Waals surface area contributed by atoms with Crippen molar-refractivity contribution in [2.75, 3.05) is 7.11 Å². The van der Waals surface area contributed by atoms with Crippen LogP contribution in [0.5, 0.6) is 0 Å². The standard InChI is InChI=1S/C17H27F3OSi/c1-4-22(5-2,21-3)13-8-6-7-10-15-11-9-12-16(14-15)17(18,19)20/h9,11-12,14H,4-8,10,13H2,1-3H3. The molecule has 0 atom stereocenters. The maximum absolute atomic E-state index is 12.6. The van der Waals surface area contributed by atoms with Crippen LogP contribution in [0.3, 0.4) is 0 Å². The first-order valence-corrected chi connectivity index (χ1v) is 10.6. The third-order valence-corrected chi connectivity index (χ3v) is 9.28. The molecule has 0 saturated carbocycles. The van der Waals surface area contributed by atoms with Gasteiger partial charge in [0.25, 0.3) is 0 Å². The van der Waals surface area contributed by atoms with Crippen molar-refractivity contribution in [3.63, 3.8) is 0 Å². The van der Waals surface area contributed by atoms with Gasteiger partial charge in [-0.2, -0.15) is 13.2 Å². The van der Waals surface area contributed by atoms with Crippen molar-refractivity contribution in [2.24, 2.45) is 0 Å². The average Bonchev–Trinajstić information content (AvgIpc) is 2.51. The summed E-state index contributed by atoms with van der Waals surface area (Å²) >= 11 is 0. The third-order valence-electron chi connectivity index (χ3n) is 4.57. The summed E-state index contributed by atoms with van der Waals surface area (Å²) < 4.78 is 43.7. The second-order valence-electron chi connectivity index (χ2n) is 5.85. The molecule has 1 aromatic carbocycles. The van der Waals surface area contributed by atoms with E-state index in [0.717, 1.165) is 49.0 Å². The first-order chi connectivity index (χ1) is 10.4. The first-order valence-electron chi connectivity index (χ1n) is 8.08. The van der Waals surface area contributed by atoms with Crippen molar-refractivity contribution in [3.8, 4) is 0 Å². The van der Waals surface area contributed by atoms with E-state index in [2.05, 4.69) is 13.8 Å². The Morgan fingerprint density at radius 1 is 1.05 bits per heavy atom. The number of alkyl halides is 3. The lowest BCUT2D eigenvalue weighted by Gasteiger charge is -2.27. The Labute approximate surface area is 133 Å². The molecule has 0 spiro atoms. The molecular formula is C17H27F3OSi. The van der Waals surface area contributed by atoms with Gasteiger partial charge in [0.1, 0.15) is 0 Å². The van der Waals surface area contributed by atoms with Crippen LogP contribution < -0.4 is 0 Å². The molecule has 5 heteroatoms. The van der Waals surface area contributed by atoms with Crippen LogP contribution in [0.15, 0.2) is 24.3 Å². The van der Waals surface area contributed by atoms with Crippen molar-refractivity contribution >= 4 is 8.32 Å². The molecule has 0 N–H and O–H groups in total. The molecular weight excluding hydrogens is 305 g/mol. The smallest absolute Gasteiger partial charge is 0.416 e. The van der Waals surface area contributed by atoms with Crippen LogP contribution in [-0.2, 0) is 17.0 Å². The molecule has 22 heavy (non-hydrogen) atoms. The number of aryl methyl sites for hydroxylation is 1. The molecule has 0 fully saturated rings. The predicted molar refractivity (Wildman–Crippen MR) is 87.5 cm³/mol. The van der Waals surface area contributed by atoms with Gasteiger partial charge >= 0.3 is 6.18 Å². The first kappa shape index (κ1) is 19.2. The molecule has 0 bridgehead atoms. The van der Waals surface area contributed by atoms with Gasteiger partial charge in [0.05, 0.1) is 5.56 Å². The number of halogens is 3. The van der Waals surface area contributed by atoms with Gasteiger partial charge in [-0.1, -0.05) is 44.9 Å². The molecule has 0 heterocycles. The Morgan fingerprint density at radius 2 is 1.73 bits per heavy atom. The highest BCUT2D eigenvalue weighted by Gasteiger charge is 2.30. The van der Waals surface area contributed by atoms with E-state index in [1.807, 2.05) is 7.11 Å². The van der Waals surface area contributed by atoms with E-state index in [1.165, 1.54) is 12.1 Å². The number of hydrogen-bond donors (Lipinski definition) is 0. The number of rotatable bonds is 9. The van der Waals surface area contributed by atoms with Crippen molar-refractivity contribution in [3.05, 3.63) is 35.4 Å². The van der Waals surface area contributed by atoms with E-state index >= 15 is 0 Å². The highest BCUT2D eigenvalue weighted by atomic mass is 28.4. The van der Waals surface area contributed by atoms with Crippen LogP contribution in [0.2, 0.25) is 18.1 Å². The average molecular weight is 332 g/mol. The van der Waals surface area contributed by atoms with Gasteiger partial charge in [0.15, 0.2) is 8.32 Å². The largest absolute Gasteiger partial charge is 0.420 e. The molecule has 0 aliphatic carbocycles. The lowest BCUT2D eigenvalue weighted by Crippen LogP contribution is -2.34.